The molecule has 0 fully saturated rings. The van der Waals surface area contributed by atoms with Crippen LogP contribution in [0.3, 0.4) is 0 Å². The maximum Gasteiger partial charge on any atom is 0.374 e. The molecule has 0 radical (unpaired) electrons. The van der Waals surface area contributed by atoms with Crippen LogP contribution in [0.25, 0.3) is 0 Å². The zero-order valence-corrected chi connectivity index (χ0v) is 8.79. The van der Waals surface area contributed by atoms with Crippen LogP contribution in [-0.2, 0) is 9.59 Å². The van der Waals surface area contributed by atoms with Gasteiger partial charge in [-0.25, -0.2) is 4.79 Å². The fourth-order valence-corrected chi connectivity index (χ4v) is 1.28. The second-order valence-electron chi connectivity index (χ2n) is 2.72. The van der Waals surface area contributed by atoms with E-state index in [-0.39, 0.29) is 6.42 Å². The number of aliphatic carboxylic acids is 1. The number of hydrogen-bond acceptors (Lipinski definition) is 3. The average Bonchev–Trinajstić information content (AvgIpc) is 2.10. The van der Waals surface area contributed by atoms with Gasteiger partial charge in [-0.3, -0.25) is 4.79 Å². The highest BCUT2D eigenvalue weighted by molar-refractivity contribution is 9.09. The molecule has 0 saturated heterocycles. The molecule has 0 heterocycles. The first-order valence-electron chi connectivity index (χ1n) is 4.10. The van der Waals surface area contributed by atoms with Crippen molar-refractivity contribution in [1.82, 2.24) is 0 Å². The van der Waals surface area contributed by atoms with Gasteiger partial charge in [-0.05, 0) is 12.8 Å². The van der Waals surface area contributed by atoms with Crippen LogP contribution in [-0.4, -0.2) is 33.4 Å². The van der Waals surface area contributed by atoms with E-state index in [4.69, 9.17) is 10.2 Å². The lowest BCUT2D eigenvalue weighted by Crippen LogP contribution is -2.27. The van der Waals surface area contributed by atoms with Crippen molar-refractivity contribution in [3.63, 3.8) is 0 Å². The molecule has 76 valence electrons. The number of carbonyl (C=O) groups excluding carboxylic acids is 1. The summed E-state index contributed by atoms with van der Waals surface area (Å²) in [7, 11) is 0. The Labute approximate surface area is 85.1 Å². The third-order valence-corrected chi connectivity index (χ3v) is 2.19. The van der Waals surface area contributed by atoms with Crippen molar-refractivity contribution in [3.8, 4) is 0 Å². The molecule has 1 unspecified atom stereocenters. The molecule has 1 atom stereocenters. The van der Waals surface area contributed by atoms with E-state index >= 15 is 0 Å². The number of hydrogen-bond donors (Lipinski definition) is 2. The lowest BCUT2D eigenvalue weighted by Gasteiger charge is -2.05. The van der Waals surface area contributed by atoms with Crippen LogP contribution >= 0.6 is 15.9 Å². The van der Waals surface area contributed by atoms with E-state index < -0.39 is 17.9 Å². The van der Waals surface area contributed by atoms with E-state index in [0.29, 0.717) is 6.42 Å². The van der Waals surface area contributed by atoms with Gasteiger partial charge >= 0.3 is 5.97 Å². The van der Waals surface area contributed by atoms with Crippen molar-refractivity contribution in [3.05, 3.63) is 0 Å². The highest BCUT2D eigenvalue weighted by atomic mass is 79.9. The predicted octanol–water partition coefficient (Wildman–Crippen LogP) is 0.956. The first-order chi connectivity index (χ1) is 6.09. The van der Waals surface area contributed by atoms with Crippen molar-refractivity contribution in [1.29, 1.82) is 0 Å². The molecule has 0 saturated carbocycles. The van der Waals surface area contributed by atoms with Gasteiger partial charge in [0.2, 0.25) is 0 Å². The molecule has 0 bridgehead atoms. The number of aliphatic hydroxyl groups excluding tert-OH is 1. The van der Waals surface area contributed by atoms with Gasteiger partial charge in [0.25, 0.3) is 5.78 Å². The lowest BCUT2D eigenvalue weighted by molar-refractivity contribution is -0.153. The Morgan fingerprint density at radius 3 is 2.31 bits per heavy atom. The fraction of sp³-hybridized carbons (Fsp3) is 0.750. The molecule has 0 aliphatic carbocycles. The minimum atomic E-state index is -1.56. The number of alkyl halides is 1. The minimum absolute atomic E-state index is 0.234. The van der Waals surface area contributed by atoms with Crippen LogP contribution < -0.4 is 0 Å². The second-order valence-corrected chi connectivity index (χ2v) is 3.52. The summed E-state index contributed by atoms with van der Waals surface area (Å²) in [6.45, 7) is 0. The summed E-state index contributed by atoms with van der Waals surface area (Å²) < 4.78 is 0. The van der Waals surface area contributed by atoms with Gasteiger partial charge in [-0.15, -0.1) is 0 Å². The van der Waals surface area contributed by atoms with Gasteiger partial charge in [0.05, 0.1) is 0 Å². The van der Waals surface area contributed by atoms with E-state index in [1.165, 1.54) is 0 Å². The normalized spacial score (nSPS) is 12.5. The maximum atomic E-state index is 10.6. The monoisotopic (exact) mass is 252 g/mol. The van der Waals surface area contributed by atoms with Crippen molar-refractivity contribution < 1.29 is 19.8 Å². The van der Waals surface area contributed by atoms with E-state index in [1.807, 2.05) is 0 Å². The topological polar surface area (TPSA) is 74.6 Å². The predicted molar refractivity (Wildman–Crippen MR) is 50.9 cm³/mol. The molecule has 0 aromatic rings. The number of carboxylic acids is 1. The van der Waals surface area contributed by atoms with Crippen molar-refractivity contribution in [2.75, 3.05) is 5.33 Å². The Bertz CT molecular complexity index is 181. The molecule has 0 rings (SSSR count). The molecule has 0 spiro atoms. The Morgan fingerprint density at radius 1 is 1.23 bits per heavy atom. The molecular formula is C8H13BrO4. The summed E-state index contributed by atoms with van der Waals surface area (Å²) in [5.74, 6) is -2.67. The molecule has 13 heavy (non-hydrogen) atoms. The molecule has 2 N–H and O–H groups in total. The largest absolute Gasteiger partial charge is 0.475 e. The lowest BCUT2D eigenvalue weighted by atomic mass is 10.1. The van der Waals surface area contributed by atoms with Crippen LogP contribution in [0, 0.1) is 0 Å². The molecule has 0 aliphatic rings. The third kappa shape index (κ3) is 5.76. The second kappa shape index (κ2) is 7.03. The van der Waals surface area contributed by atoms with Gasteiger partial charge < -0.3 is 10.2 Å². The number of Topliss-reactive ketones (excluding diaryl/α,β-unsaturated/α-hetero) is 1. The highest BCUT2D eigenvalue weighted by Crippen LogP contribution is 2.05. The van der Waals surface area contributed by atoms with Crippen LogP contribution in [0.4, 0.5) is 0 Å². The molecule has 5 heteroatoms. The summed E-state index contributed by atoms with van der Waals surface area (Å²) in [6, 6.07) is 0. The van der Waals surface area contributed by atoms with Crippen LogP contribution in [0.2, 0.25) is 0 Å². The first-order valence-corrected chi connectivity index (χ1v) is 5.23. The first kappa shape index (κ1) is 12.6. The zero-order valence-electron chi connectivity index (χ0n) is 7.20. The van der Waals surface area contributed by atoms with Crippen molar-refractivity contribution in [2.24, 2.45) is 0 Å². The van der Waals surface area contributed by atoms with Crippen LogP contribution in [0.1, 0.15) is 25.7 Å². The van der Waals surface area contributed by atoms with Crippen molar-refractivity contribution >= 4 is 27.7 Å². The van der Waals surface area contributed by atoms with Crippen molar-refractivity contribution in [2.45, 2.75) is 31.8 Å². The summed E-state index contributed by atoms with van der Waals surface area (Å²) in [5.41, 5.74) is 0. The molecule has 0 aromatic heterocycles. The maximum absolute atomic E-state index is 10.6. The fourth-order valence-electron chi connectivity index (χ4n) is 0.883. The Balaban J connectivity index is 3.56. The molecule has 0 aliphatic heterocycles. The number of aliphatic hydroxyl groups is 1. The standard InChI is InChI=1S/C8H13BrO4/c9-5-3-1-2-4-6(10)7(11)8(12)13/h6,10H,1-5H2,(H,12,13). The van der Waals surface area contributed by atoms with Gasteiger partial charge in [0, 0.05) is 5.33 Å². The Kier molecular flexibility index (Phi) is 6.80. The van der Waals surface area contributed by atoms with E-state index in [2.05, 4.69) is 15.9 Å². The molecule has 4 nitrogen and oxygen atoms in total. The van der Waals surface area contributed by atoms with E-state index in [0.717, 1.165) is 18.2 Å². The van der Waals surface area contributed by atoms with Gasteiger partial charge in [-0.2, -0.15) is 0 Å². The van der Waals surface area contributed by atoms with Gasteiger partial charge in [0.1, 0.15) is 6.10 Å². The third-order valence-electron chi connectivity index (χ3n) is 1.62. The number of halogens is 1. The molecule has 0 aromatic carbocycles. The summed E-state index contributed by atoms with van der Waals surface area (Å²) in [6.07, 6.45) is 1.42. The smallest absolute Gasteiger partial charge is 0.374 e. The van der Waals surface area contributed by atoms with Crippen LogP contribution in [0.15, 0.2) is 0 Å². The molecule has 0 amide bonds. The Hall–Kier alpha value is -0.420. The molecular weight excluding hydrogens is 240 g/mol. The number of carboxylic acid groups (broad SMARTS) is 1. The summed E-state index contributed by atoms with van der Waals surface area (Å²) >= 11 is 3.25. The van der Waals surface area contributed by atoms with Gasteiger partial charge in [0.15, 0.2) is 0 Å². The minimum Gasteiger partial charge on any atom is -0.475 e. The van der Waals surface area contributed by atoms with E-state index in [9.17, 15) is 9.59 Å². The Morgan fingerprint density at radius 2 is 1.85 bits per heavy atom. The number of carbonyl (C=O) groups is 2. The van der Waals surface area contributed by atoms with Crippen LogP contribution in [0.5, 0.6) is 0 Å². The average molecular weight is 253 g/mol. The number of ketones is 1. The highest BCUT2D eigenvalue weighted by Gasteiger charge is 2.21. The SMILES string of the molecule is O=C(O)C(=O)C(O)CCCCCBr. The zero-order chi connectivity index (χ0) is 10.3. The summed E-state index contributed by atoms with van der Waals surface area (Å²) in [5, 5.41) is 18.2. The summed E-state index contributed by atoms with van der Waals surface area (Å²) in [4.78, 5) is 20.8. The number of rotatable bonds is 7. The quantitative estimate of drug-likeness (QED) is 0.402. The van der Waals surface area contributed by atoms with Gasteiger partial charge in [-0.1, -0.05) is 28.8 Å². The number of unbranched alkanes of at least 4 members (excludes halogenated alkanes) is 2. The van der Waals surface area contributed by atoms with E-state index in [1.54, 1.807) is 0 Å².